The van der Waals surface area contributed by atoms with Crippen molar-refractivity contribution >= 4 is 5.91 Å². The van der Waals surface area contributed by atoms with Crippen molar-refractivity contribution in [3.05, 3.63) is 35.4 Å². The number of hydrogen-bond donors (Lipinski definition) is 2. The van der Waals surface area contributed by atoms with Gasteiger partial charge in [0.1, 0.15) is 0 Å². The normalized spacial score (nSPS) is 21.1. The summed E-state index contributed by atoms with van der Waals surface area (Å²) in [6.45, 7) is 4.73. The Bertz CT molecular complexity index is 458. The van der Waals surface area contributed by atoms with Gasteiger partial charge in [-0.15, -0.1) is 0 Å². The van der Waals surface area contributed by atoms with Crippen molar-refractivity contribution in [1.82, 2.24) is 4.90 Å². The summed E-state index contributed by atoms with van der Waals surface area (Å²) >= 11 is 0. The minimum atomic E-state index is -0.183. The Morgan fingerprint density at radius 3 is 2.71 bits per heavy atom. The molecule has 4 nitrogen and oxygen atoms in total. The summed E-state index contributed by atoms with van der Waals surface area (Å²) in [5.41, 5.74) is 14.3. The van der Waals surface area contributed by atoms with Crippen LogP contribution in [0.5, 0.6) is 0 Å². The zero-order chi connectivity index (χ0) is 15.2. The van der Waals surface area contributed by atoms with Crippen LogP contribution in [0.3, 0.4) is 0 Å². The van der Waals surface area contributed by atoms with Crippen molar-refractivity contribution in [3.63, 3.8) is 0 Å². The standard InChI is InChI=1S/C17H27N3O/c1-2-4-13-6-8-14(9-7-13)16(18)12-20-10-3-5-15(11-20)17(19)21/h6-9,15-16H,2-5,10-12,18H2,1H3,(H2,19,21). The number of piperidine rings is 1. The average Bonchev–Trinajstić information content (AvgIpc) is 2.48. The van der Waals surface area contributed by atoms with E-state index in [0.29, 0.717) is 0 Å². The fourth-order valence-electron chi connectivity index (χ4n) is 3.06. The van der Waals surface area contributed by atoms with E-state index in [9.17, 15) is 4.79 Å². The largest absolute Gasteiger partial charge is 0.369 e. The van der Waals surface area contributed by atoms with Crippen LogP contribution >= 0.6 is 0 Å². The number of amides is 1. The Labute approximate surface area is 127 Å². The Morgan fingerprint density at radius 1 is 1.38 bits per heavy atom. The number of carbonyl (C=O) groups excluding carboxylic acids is 1. The Morgan fingerprint density at radius 2 is 2.10 bits per heavy atom. The Hall–Kier alpha value is -1.39. The van der Waals surface area contributed by atoms with E-state index in [1.54, 1.807) is 0 Å². The highest BCUT2D eigenvalue weighted by Gasteiger charge is 2.25. The van der Waals surface area contributed by atoms with Crippen molar-refractivity contribution in [1.29, 1.82) is 0 Å². The van der Waals surface area contributed by atoms with Crippen LogP contribution in [0.25, 0.3) is 0 Å². The lowest BCUT2D eigenvalue weighted by atomic mass is 9.96. The zero-order valence-electron chi connectivity index (χ0n) is 12.9. The van der Waals surface area contributed by atoms with E-state index in [1.807, 2.05) is 0 Å². The average molecular weight is 289 g/mol. The van der Waals surface area contributed by atoms with Crippen LogP contribution in [0.1, 0.15) is 43.4 Å². The molecule has 1 aliphatic rings. The number of hydrogen-bond acceptors (Lipinski definition) is 3. The molecular weight excluding hydrogens is 262 g/mol. The molecule has 0 aliphatic carbocycles. The highest BCUT2D eigenvalue weighted by molar-refractivity contribution is 5.76. The molecule has 116 valence electrons. The second-order valence-electron chi connectivity index (χ2n) is 6.10. The molecular formula is C17H27N3O. The lowest BCUT2D eigenvalue weighted by molar-refractivity contribution is -0.123. The fraction of sp³-hybridized carbons (Fsp3) is 0.588. The first-order valence-electron chi connectivity index (χ1n) is 7.96. The van der Waals surface area contributed by atoms with E-state index >= 15 is 0 Å². The molecule has 1 heterocycles. The van der Waals surface area contributed by atoms with E-state index < -0.39 is 0 Å². The number of rotatable bonds is 6. The topological polar surface area (TPSA) is 72.3 Å². The minimum absolute atomic E-state index is 0.00713. The molecule has 0 aromatic heterocycles. The zero-order valence-corrected chi connectivity index (χ0v) is 12.9. The molecule has 1 aliphatic heterocycles. The molecule has 1 fully saturated rings. The molecule has 2 unspecified atom stereocenters. The van der Waals surface area contributed by atoms with Gasteiger partial charge in [0.05, 0.1) is 5.92 Å². The highest BCUT2D eigenvalue weighted by Crippen LogP contribution is 2.20. The molecule has 1 aromatic rings. The van der Waals surface area contributed by atoms with E-state index in [2.05, 4.69) is 36.1 Å². The SMILES string of the molecule is CCCc1ccc(C(N)CN2CCCC(C(N)=O)C2)cc1. The molecule has 2 rings (SSSR count). The van der Waals surface area contributed by atoms with Gasteiger partial charge < -0.3 is 16.4 Å². The summed E-state index contributed by atoms with van der Waals surface area (Å²) in [6, 6.07) is 8.59. The molecule has 4 heteroatoms. The van der Waals surface area contributed by atoms with Gasteiger partial charge in [0, 0.05) is 19.1 Å². The molecule has 1 aromatic carbocycles. The molecule has 1 saturated heterocycles. The van der Waals surface area contributed by atoms with Crippen LogP contribution in [-0.2, 0) is 11.2 Å². The number of nitrogens with two attached hydrogens (primary N) is 2. The van der Waals surface area contributed by atoms with E-state index in [-0.39, 0.29) is 17.9 Å². The van der Waals surface area contributed by atoms with Gasteiger partial charge in [0.2, 0.25) is 5.91 Å². The molecule has 0 radical (unpaired) electrons. The van der Waals surface area contributed by atoms with Gasteiger partial charge in [0.15, 0.2) is 0 Å². The van der Waals surface area contributed by atoms with Crippen molar-refractivity contribution in [3.8, 4) is 0 Å². The van der Waals surface area contributed by atoms with E-state index in [0.717, 1.165) is 50.9 Å². The lowest BCUT2D eigenvalue weighted by Crippen LogP contribution is -2.43. The number of likely N-dealkylation sites (tertiary alicyclic amines) is 1. The molecule has 21 heavy (non-hydrogen) atoms. The minimum Gasteiger partial charge on any atom is -0.369 e. The predicted molar refractivity (Wildman–Crippen MR) is 85.7 cm³/mol. The molecule has 0 spiro atoms. The quantitative estimate of drug-likeness (QED) is 0.839. The van der Waals surface area contributed by atoms with Crippen LogP contribution < -0.4 is 11.5 Å². The number of carbonyl (C=O) groups is 1. The van der Waals surface area contributed by atoms with Gasteiger partial charge in [-0.05, 0) is 36.9 Å². The van der Waals surface area contributed by atoms with Crippen molar-refractivity contribution in [2.24, 2.45) is 17.4 Å². The van der Waals surface area contributed by atoms with Crippen LogP contribution in [-0.4, -0.2) is 30.4 Å². The third-order valence-corrected chi connectivity index (χ3v) is 4.31. The maximum absolute atomic E-state index is 11.3. The molecule has 1 amide bonds. The first kappa shape index (κ1) is 16.0. The van der Waals surface area contributed by atoms with Crippen molar-refractivity contribution < 1.29 is 4.79 Å². The lowest BCUT2D eigenvalue weighted by Gasteiger charge is -2.32. The van der Waals surface area contributed by atoms with Crippen LogP contribution in [0, 0.1) is 5.92 Å². The summed E-state index contributed by atoms with van der Waals surface area (Å²) in [6.07, 6.45) is 4.21. The van der Waals surface area contributed by atoms with Gasteiger partial charge in [-0.3, -0.25) is 4.79 Å². The second-order valence-corrected chi connectivity index (χ2v) is 6.10. The summed E-state index contributed by atoms with van der Waals surface area (Å²) in [4.78, 5) is 13.6. The van der Waals surface area contributed by atoms with Crippen LogP contribution in [0.2, 0.25) is 0 Å². The number of benzene rings is 1. The van der Waals surface area contributed by atoms with E-state index in [4.69, 9.17) is 11.5 Å². The molecule has 0 saturated carbocycles. The molecule has 4 N–H and O–H groups in total. The first-order chi connectivity index (χ1) is 10.1. The monoisotopic (exact) mass is 289 g/mol. The van der Waals surface area contributed by atoms with Crippen molar-refractivity contribution in [2.75, 3.05) is 19.6 Å². The number of nitrogens with zero attached hydrogens (tertiary/aromatic N) is 1. The molecule has 0 bridgehead atoms. The maximum Gasteiger partial charge on any atom is 0.221 e. The number of aryl methyl sites for hydroxylation is 1. The van der Waals surface area contributed by atoms with Gasteiger partial charge in [0.25, 0.3) is 0 Å². The van der Waals surface area contributed by atoms with Crippen LogP contribution in [0.4, 0.5) is 0 Å². The summed E-state index contributed by atoms with van der Waals surface area (Å²) in [5.74, 6) is -0.199. The van der Waals surface area contributed by atoms with E-state index in [1.165, 1.54) is 5.56 Å². The predicted octanol–water partition coefficient (Wildman–Crippen LogP) is 1.84. The van der Waals surface area contributed by atoms with Gasteiger partial charge in [-0.25, -0.2) is 0 Å². The Kier molecular flexibility index (Phi) is 5.76. The maximum atomic E-state index is 11.3. The summed E-state index contributed by atoms with van der Waals surface area (Å²) < 4.78 is 0. The van der Waals surface area contributed by atoms with Crippen molar-refractivity contribution in [2.45, 2.75) is 38.6 Å². The Balaban J connectivity index is 1.91. The molecule has 2 atom stereocenters. The summed E-state index contributed by atoms with van der Waals surface area (Å²) in [5, 5.41) is 0. The third-order valence-electron chi connectivity index (χ3n) is 4.31. The first-order valence-corrected chi connectivity index (χ1v) is 7.96. The van der Waals surface area contributed by atoms with Gasteiger partial charge >= 0.3 is 0 Å². The smallest absolute Gasteiger partial charge is 0.221 e. The highest BCUT2D eigenvalue weighted by atomic mass is 16.1. The fourth-order valence-corrected chi connectivity index (χ4v) is 3.06. The van der Waals surface area contributed by atoms with Crippen LogP contribution in [0.15, 0.2) is 24.3 Å². The summed E-state index contributed by atoms with van der Waals surface area (Å²) in [7, 11) is 0. The number of primary amides is 1. The van der Waals surface area contributed by atoms with Gasteiger partial charge in [-0.2, -0.15) is 0 Å². The van der Waals surface area contributed by atoms with Gasteiger partial charge in [-0.1, -0.05) is 37.6 Å². The second kappa shape index (κ2) is 7.57. The third kappa shape index (κ3) is 4.55.